The number of ether oxygens (including phenoxy) is 3. The molecule has 7 heteroatoms. The summed E-state index contributed by atoms with van der Waals surface area (Å²) in [5.41, 5.74) is 0.366. The molecule has 1 aliphatic rings. The molecule has 0 spiro atoms. The Morgan fingerprint density at radius 3 is 1.40 bits per heavy atom. The van der Waals surface area contributed by atoms with Crippen molar-refractivity contribution in [2.45, 2.75) is 12.2 Å². The molecule has 0 radical (unpaired) electrons. The van der Waals surface area contributed by atoms with Crippen LogP contribution in [0, 0.1) is 0 Å². The Labute approximate surface area is 142 Å². The molecule has 2 unspecified atom stereocenters. The van der Waals surface area contributed by atoms with Gasteiger partial charge in [-0.1, -0.05) is 36.4 Å². The van der Waals surface area contributed by atoms with E-state index in [9.17, 15) is 19.2 Å². The first-order valence-electron chi connectivity index (χ1n) is 7.34. The number of rotatable bonds is 4. The monoisotopic (exact) mass is 340 g/mol. The zero-order valence-corrected chi connectivity index (χ0v) is 12.8. The maximum absolute atomic E-state index is 12.1. The number of benzene rings is 2. The predicted molar refractivity (Wildman–Crippen MR) is 82.4 cm³/mol. The molecule has 2 aromatic carbocycles. The molecule has 3 rings (SSSR count). The number of hydrogen-bond donors (Lipinski definition) is 0. The van der Waals surface area contributed by atoms with Gasteiger partial charge in [0.05, 0.1) is 11.1 Å². The summed E-state index contributed by atoms with van der Waals surface area (Å²) < 4.78 is 14.5. The topological polar surface area (TPSA) is 96.0 Å². The largest absolute Gasteiger partial charge is 0.442 e. The maximum atomic E-state index is 12.1. The van der Waals surface area contributed by atoms with E-state index in [4.69, 9.17) is 9.47 Å². The lowest BCUT2D eigenvalue weighted by Crippen LogP contribution is -2.37. The van der Waals surface area contributed by atoms with Crippen molar-refractivity contribution in [2.24, 2.45) is 0 Å². The molecule has 0 saturated carbocycles. The minimum Gasteiger partial charge on any atom is -0.442 e. The summed E-state index contributed by atoms with van der Waals surface area (Å²) in [6.07, 6.45) is -3.29. The lowest BCUT2D eigenvalue weighted by atomic mass is 10.2. The van der Waals surface area contributed by atoms with Gasteiger partial charge in [-0.15, -0.1) is 0 Å². The second-order valence-electron chi connectivity index (χ2n) is 5.12. The summed E-state index contributed by atoms with van der Waals surface area (Å²) in [5, 5.41) is 0. The molecule has 0 amide bonds. The molecule has 0 bridgehead atoms. The fourth-order valence-corrected chi connectivity index (χ4v) is 2.20. The first-order chi connectivity index (χ1) is 12.1. The van der Waals surface area contributed by atoms with Crippen LogP contribution in [0.25, 0.3) is 0 Å². The minimum absolute atomic E-state index is 0.183. The molecule has 1 saturated heterocycles. The predicted octanol–water partition coefficient (Wildman–Crippen LogP) is 1.52. The second kappa shape index (κ2) is 6.96. The molecule has 126 valence electrons. The van der Waals surface area contributed by atoms with E-state index >= 15 is 0 Å². The maximum Gasteiger partial charge on any atom is 0.359 e. The van der Waals surface area contributed by atoms with Crippen molar-refractivity contribution in [3.63, 3.8) is 0 Å². The van der Waals surface area contributed by atoms with Crippen LogP contribution in [0.3, 0.4) is 0 Å². The summed E-state index contributed by atoms with van der Waals surface area (Å²) in [7, 11) is 0. The smallest absolute Gasteiger partial charge is 0.359 e. The van der Waals surface area contributed by atoms with Crippen LogP contribution in [0.2, 0.25) is 0 Å². The van der Waals surface area contributed by atoms with Crippen LogP contribution in [0.4, 0.5) is 0 Å². The van der Waals surface area contributed by atoms with E-state index in [1.807, 2.05) is 0 Å². The van der Waals surface area contributed by atoms with Gasteiger partial charge >= 0.3 is 23.9 Å². The van der Waals surface area contributed by atoms with Crippen LogP contribution in [0.5, 0.6) is 0 Å². The van der Waals surface area contributed by atoms with E-state index in [0.717, 1.165) is 0 Å². The van der Waals surface area contributed by atoms with Crippen molar-refractivity contribution in [3.8, 4) is 0 Å². The lowest BCUT2D eigenvalue weighted by molar-refractivity contribution is -0.155. The molecular weight excluding hydrogens is 328 g/mol. The summed E-state index contributed by atoms with van der Waals surface area (Å²) in [4.78, 5) is 47.7. The van der Waals surface area contributed by atoms with Crippen molar-refractivity contribution in [3.05, 3.63) is 71.8 Å². The van der Waals surface area contributed by atoms with Gasteiger partial charge < -0.3 is 14.2 Å². The Balaban J connectivity index is 1.75. The van der Waals surface area contributed by atoms with Crippen LogP contribution >= 0.6 is 0 Å². The van der Waals surface area contributed by atoms with Gasteiger partial charge in [0, 0.05) is 0 Å². The van der Waals surface area contributed by atoms with Gasteiger partial charge in [0.2, 0.25) is 12.2 Å². The van der Waals surface area contributed by atoms with Crippen LogP contribution in [-0.4, -0.2) is 36.1 Å². The third-order valence-electron chi connectivity index (χ3n) is 3.43. The third kappa shape index (κ3) is 3.55. The highest BCUT2D eigenvalue weighted by Crippen LogP contribution is 2.20. The highest BCUT2D eigenvalue weighted by Gasteiger charge is 2.50. The lowest BCUT2D eigenvalue weighted by Gasteiger charge is -2.15. The van der Waals surface area contributed by atoms with Gasteiger partial charge in [-0.3, -0.25) is 0 Å². The summed E-state index contributed by atoms with van der Waals surface area (Å²) in [6, 6.07) is 15.8. The molecule has 0 aromatic heterocycles. The van der Waals surface area contributed by atoms with Gasteiger partial charge in [0.1, 0.15) is 0 Å². The van der Waals surface area contributed by atoms with Crippen molar-refractivity contribution < 1.29 is 33.4 Å². The van der Waals surface area contributed by atoms with E-state index in [-0.39, 0.29) is 11.1 Å². The Bertz CT molecular complexity index is 744. The normalized spacial score (nSPS) is 19.2. The van der Waals surface area contributed by atoms with Gasteiger partial charge in [0.15, 0.2) is 0 Å². The zero-order valence-electron chi connectivity index (χ0n) is 12.8. The van der Waals surface area contributed by atoms with E-state index in [1.54, 1.807) is 36.4 Å². The molecule has 1 heterocycles. The molecule has 2 atom stereocenters. The van der Waals surface area contributed by atoms with Crippen LogP contribution in [0.1, 0.15) is 20.7 Å². The zero-order chi connectivity index (χ0) is 17.8. The molecule has 7 nitrogen and oxygen atoms in total. The van der Waals surface area contributed by atoms with Gasteiger partial charge in [-0.2, -0.15) is 0 Å². The number of hydrogen-bond acceptors (Lipinski definition) is 7. The second-order valence-corrected chi connectivity index (χ2v) is 5.12. The third-order valence-corrected chi connectivity index (χ3v) is 3.43. The van der Waals surface area contributed by atoms with E-state index < -0.39 is 36.1 Å². The summed E-state index contributed by atoms with van der Waals surface area (Å²) >= 11 is 0. The first kappa shape index (κ1) is 16.4. The van der Waals surface area contributed by atoms with Gasteiger partial charge in [0.25, 0.3) is 0 Å². The highest BCUT2D eigenvalue weighted by atomic mass is 16.7. The summed E-state index contributed by atoms with van der Waals surface area (Å²) in [6.45, 7) is 0. The number of esters is 4. The first-order valence-corrected chi connectivity index (χ1v) is 7.34. The molecule has 1 fully saturated rings. The Morgan fingerprint density at radius 1 is 0.680 bits per heavy atom. The molecule has 0 N–H and O–H groups in total. The Hall–Kier alpha value is -3.48. The van der Waals surface area contributed by atoms with Crippen molar-refractivity contribution in [2.75, 3.05) is 0 Å². The van der Waals surface area contributed by atoms with Crippen LogP contribution in [0.15, 0.2) is 60.7 Å². The quantitative estimate of drug-likeness (QED) is 0.473. The van der Waals surface area contributed by atoms with Crippen molar-refractivity contribution in [1.82, 2.24) is 0 Å². The summed E-state index contributed by atoms with van der Waals surface area (Å²) in [5.74, 6) is -3.84. The minimum atomic E-state index is -1.65. The molecule has 0 aliphatic carbocycles. The van der Waals surface area contributed by atoms with Crippen molar-refractivity contribution >= 4 is 23.9 Å². The number of cyclic esters (lactones) is 2. The molecule has 2 aromatic rings. The SMILES string of the molecule is O=C(OC1C(=O)OC(=O)C1OC(=O)c1ccccc1)c1ccccc1. The molecule has 25 heavy (non-hydrogen) atoms. The van der Waals surface area contributed by atoms with Crippen LogP contribution < -0.4 is 0 Å². The fraction of sp³-hybridized carbons (Fsp3) is 0.111. The van der Waals surface area contributed by atoms with E-state index in [2.05, 4.69) is 4.74 Å². The average Bonchev–Trinajstić information content (AvgIpc) is 2.90. The Morgan fingerprint density at radius 2 is 1.04 bits per heavy atom. The highest BCUT2D eigenvalue weighted by molar-refractivity contribution is 6.03. The number of carbonyl (C=O) groups excluding carboxylic acids is 4. The standard InChI is InChI=1S/C18H12O7/c19-15(11-7-3-1-4-8-11)23-13-14(18(22)25-17(13)21)24-16(20)12-9-5-2-6-10-12/h1-10,13-14H. The average molecular weight is 340 g/mol. The fourth-order valence-electron chi connectivity index (χ4n) is 2.20. The Kier molecular flexibility index (Phi) is 4.56. The van der Waals surface area contributed by atoms with Crippen molar-refractivity contribution in [1.29, 1.82) is 0 Å². The van der Waals surface area contributed by atoms with E-state index in [0.29, 0.717) is 0 Å². The van der Waals surface area contributed by atoms with E-state index in [1.165, 1.54) is 24.3 Å². The number of carbonyl (C=O) groups is 4. The van der Waals surface area contributed by atoms with Crippen LogP contribution in [-0.2, 0) is 23.8 Å². The van der Waals surface area contributed by atoms with Gasteiger partial charge in [-0.05, 0) is 24.3 Å². The molecule has 1 aliphatic heterocycles. The molecular formula is C18H12O7. The van der Waals surface area contributed by atoms with Gasteiger partial charge in [-0.25, -0.2) is 19.2 Å².